The molecule has 0 radical (unpaired) electrons. The van der Waals surface area contributed by atoms with Gasteiger partial charge in [0.05, 0.1) is 18.2 Å². The lowest BCUT2D eigenvalue weighted by molar-refractivity contribution is -0.137. The molecule has 0 saturated carbocycles. The van der Waals surface area contributed by atoms with Gasteiger partial charge in [-0.05, 0) is 43.5 Å². The Labute approximate surface area is 104 Å². The Kier molecular flexibility index (Phi) is 5.02. The van der Waals surface area contributed by atoms with Crippen LogP contribution in [0, 0.1) is 11.3 Å². The van der Waals surface area contributed by atoms with Crippen molar-refractivity contribution >= 4 is 0 Å². The fourth-order valence-corrected chi connectivity index (χ4v) is 1.61. The fraction of sp³-hybridized carbons (Fsp3) is 0.462. The highest BCUT2D eigenvalue weighted by molar-refractivity contribution is 5.38. The SMILES string of the molecule is CCOc1ccc(C(F)(F)F)cc1CCCC#N. The first-order valence-corrected chi connectivity index (χ1v) is 5.69. The van der Waals surface area contributed by atoms with Gasteiger partial charge >= 0.3 is 6.18 Å². The van der Waals surface area contributed by atoms with Crippen molar-refractivity contribution in [2.24, 2.45) is 0 Å². The second kappa shape index (κ2) is 6.29. The summed E-state index contributed by atoms with van der Waals surface area (Å²) in [6, 6.07) is 5.42. The molecule has 1 aromatic carbocycles. The van der Waals surface area contributed by atoms with Gasteiger partial charge in [-0.25, -0.2) is 0 Å². The fourth-order valence-electron chi connectivity index (χ4n) is 1.61. The zero-order valence-corrected chi connectivity index (χ0v) is 10.0. The zero-order chi connectivity index (χ0) is 13.6. The van der Waals surface area contributed by atoms with Crippen LogP contribution >= 0.6 is 0 Å². The van der Waals surface area contributed by atoms with Crippen LogP contribution in [-0.2, 0) is 12.6 Å². The Hall–Kier alpha value is -1.70. The standard InChI is InChI=1S/C13H14F3NO/c1-2-18-12-7-6-11(13(14,15)16)9-10(12)5-3-4-8-17/h6-7,9H,2-5H2,1H3. The predicted molar refractivity (Wildman–Crippen MR) is 61.2 cm³/mol. The number of halogens is 3. The van der Waals surface area contributed by atoms with Crippen LogP contribution in [0.25, 0.3) is 0 Å². The Morgan fingerprint density at radius 2 is 2.06 bits per heavy atom. The van der Waals surface area contributed by atoms with Gasteiger partial charge in [0.15, 0.2) is 0 Å². The lowest BCUT2D eigenvalue weighted by atomic mass is 10.0. The quantitative estimate of drug-likeness (QED) is 0.748. The Morgan fingerprint density at radius 1 is 1.33 bits per heavy atom. The van der Waals surface area contributed by atoms with E-state index in [1.807, 2.05) is 6.07 Å². The number of unbranched alkanes of at least 4 members (excludes halogenated alkanes) is 1. The molecule has 0 spiro atoms. The monoisotopic (exact) mass is 257 g/mol. The van der Waals surface area contributed by atoms with E-state index in [-0.39, 0.29) is 0 Å². The van der Waals surface area contributed by atoms with Crippen molar-refractivity contribution < 1.29 is 17.9 Å². The average molecular weight is 257 g/mol. The number of hydrogen-bond acceptors (Lipinski definition) is 2. The molecule has 1 rings (SSSR count). The van der Waals surface area contributed by atoms with Gasteiger partial charge in [-0.2, -0.15) is 18.4 Å². The molecule has 5 heteroatoms. The molecular formula is C13H14F3NO. The number of ether oxygens (including phenoxy) is 1. The smallest absolute Gasteiger partial charge is 0.416 e. The van der Waals surface area contributed by atoms with Gasteiger partial charge in [-0.15, -0.1) is 0 Å². The average Bonchev–Trinajstić information content (AvgIpc) is 2.30. The van der Waals surface area contributed by atoms with Crippen molar-refractivity contribution in [3.05, 3.63) is 29.3 Å². The van der Waals surface area contributed by atoms with Crippen LogP contribution in [0.15, 0.2) is 18.2 Å². The molecule has 2 nitrogen and oxygen atoms in total. The van der Waals surface area contributed by atoms with E-state index in [0.717, 1.165) is 12.1 Å². The van der Waals surface area contributed by atoms with Crippen LogP contribution in [0.5, 0.6) is 5.75 Å². The van der Waals surface area contributed by atoms with E-state index in [1.54, 1.807) is 6.92 Å². The van der Waals surface area contributed by atoms with Gasteiger partial charge < -0.3 is 4.74 Å². The Bertz CT molecular complexity index is 435. The second-order valence-electron chi connectivity index (χ2n) is 3.76. The van der Waals surface area contributed by atoms with Crippen molar-refractivity contribution in [3.8, 4) is 11.8 Å². The Morgan fingerprint density at radius 3 is 2.61 bits per heavy atom. The summed E-state index contributed by atoms with van der Waals surface area (Å²) in [5, 5.41) is 8.44. The van der Waals surface area contributed by atoms with Crippen LogP contribution in [0.2, 0.25) is 0 Å². The van der Waals surface area contributed by atoms with Gasteiger partial charge in [-0.1, -0.05) is 0 Å². The third-order valence-electron chi connectivity index (χ3n) is 2.42. The number of benzene rings is 1. The van der Waals surface area contributed by atoms with Gasteiger partial charge in [0.1, 0.15) is 5.75 Å². The van der Waals surface area contributed by atoms with Crippen LogP contribution in [0.4, 0.5) is 13.2 Å². The normalized spacial score (nSPS) is 11.1. The van der Waals surface area contributed by atoms with E-state index in [4.69, 9.17) is 10.00 Å². The molecule has 0 fully saturated rings. The summed E-state index contributed by atoms with van der Waals surface area (Å²) in [5.41, 5.74) is -0.181. The number of rotatable bonds is 5. The zero-order valence-electron chi connectivity index (χ0n) is 10.0. The van der Waals surface area contributed by atoms with Crippen LogP contribution in [-0.4, -0.2) is 6.61 Å². The molecule has 0 aliphatic heterocycles. The lowest BCUT2D eigenvalue weighted by Crippen LogP contribution is -2.07. The maximum atomic E-state index is 12.6. The van der Waals surface area contributed by atoms with Crippen molar-refractivity contribution in [2.75, 3.05) is 6.61 Å². The summed E-state index contributed by atoms with van der Waals surface area (Å²) in [6.45, 7) is 2.17. The summed E-state index contributed by atoms with van der Waals surface area (Å²) in [5.74, 6) is 0.462. The topological polar surface area (TPSA) is 33.0 Å². The number of aryl methyl sites for hydroxylation is 1. The highest BCUT2D eigenvalue weighted by Crippen LogP contribution is 2.33. The molecule has 98 valence electrons. The number of hydrogen-bond donors (Lipinski definition) is 0. The van der Waals surface area contributed by atoms with Crippen molar-refractivity contribution in [3.63, 3.8) is 0 Å². The summed E-state index contributed by atoms with van der Waals surface area (Å²) in [4.78, 5) is 0. The molecule has 0 aliphatic carbocycles. The minimum absolute atomic E-state index is 0.321. The highest BCUT2D eigenvalue weighted by Gasteiger charge is 2.31. The van der Waals surface area contributed by atoms with E-state index in [1.165, 1.54) is 6.07 Å². The molecule has 18 heavy (non-hydrogen) atoms. The van der Waals surface area contributed by atoms with Crippen LogP contribution < -0.4 is 4.74 Å². The summed E-state index contributed by atoms with van der Waals surface area (Å²) in [7, 11) is 0. The summed E-state index contributed by atoms with van der Waals surface area (Å²) >= 11 is 0. The maximum Gasteiger partial charge on any atom is 0.416 e. The molecule has 0 aliphatic rings. The molecular weight excluding hydrogens is 243 g/mol. The predicted octanol–water partition coefficient (Wildman–Crippen LogP) is 3.95. The van der Waals surface area contributed by atoms with Crippen LogP contribution in [0.1, 0.15) is 30.9 Å². The van der Waals surface area contributed by atoms with Gasteiger partial charge in [0.25, 0.3) is 0 Å². The molecule has 0 unspecified atom stereocenters. The van der Waals surface area contributed by atoms with Crippen molar-refractivity contribution in [1.29, 1.82) is 5.26 Å². The number of nitriles is 1. The van der Waals surface area contributed by atoms with Crippen molar-refractivity contribution in [2.45, 2.75) is 32.4 Å². The first kappa shape index (κ1) is 14.4. The molecule has 0 saturated heterocycles. The van der Waals surface area contributed by atoms with E-state index < -0.39 is 11.7 Å². The first-order valence-electron chi connectivity index (χ1n) is 5.69. The molecule has 0 heterocycles. The molecule has 0 aromatic heterocycles. The number of nitrogens with zero attached hydrogens (tertiary/aromatic N) is 1. The van der Waals surface area contributed by atoms with E-state index in [2.05, 4.69) is 0 Å². The molecule has 0 atom stereocenters. The van der Waals surface area contributed by atoms with E-state index in [9.17, 15) is 13.2 Å². The molecule has 0 amide bonds. The third-order valence-corrected chi connectivity index (χ3v) is 2.42. The lowest BCUT2D eigenvalue weighted by Gasteiger charge is -2.13. The van der Waals surface area contributed by atoms with E-state index in [0.29, 0.717) is 37.2 Å². The number of alkyl halides is 3. The van der Waals surface area contributed by atoms with Gasteiger partial charge in [0, 0.05) is 6.42 Å². The molecule has 0 N–H and O–H groups in total. The van der Waals surface area contributed by atoms with Crippen molar-refractivity contribution in [1.82, 2.24) is 0 Å². The minimum Gasteiger partial charge on any atom is -0.494 e. The maximum absolute atomic E-state index is 12.6. The Balaban J connectivity index is 2.96. The minimum atomic E-state index is -4.35. The molecule has 0 bridgehead atoms. The second-order valence-corrected chi connectivity index (χ2v) is 3.76. The first-order chi connectivity index (χ1) is 8.49. The van der Waals surface area contributed by atoms with Gasteiger partial charge in [-0.3, -0.25) is 0 Å². The largest absolute Gasteiger partial charge is 0.494 e. The summed E-state index contributed by atoms with van der Waals surface area (Å²) in [6.07, 6.45) is -3.10. The van der Waals surface area contributed by atoms with E-state index >= 15 is 0 Å². The summed E-state index contributed by atoms with van der Waals surface area (Å²) < 4.78 is 43.0. The molecule has 1 aromatic rings. The highest BCUT2D eigenvalue weighted by atomic mass is 19.4. The van der Waals surface area contributed by atoms with Gasteiger partial charge in [0.2, 0.25) is 0 Å². The van der Waals surface area contributed by atoms with Crippen LogP contribution in [0.3, 0.4) is 0 Å². The third kappa shape index (κ3) is 3.95.